The number of hydrogen-bond donors (Lipinski definition) is 1. The van der Waals surface area contributed by atoms with Crippen LogP contribution in [0.3, 0.4) is 0 Å². The second-order valence-corrected chi connectivity index (χ2v) is 6.57. The van der Waals surface area contributed by atoms with E-state index in [-0.39, 0.29) is 12.0 Å². The van der Waals surface area contributed by atoms with Gasteiger partial charge in [-0.25, -0.2) is 0 Å². The molecule has 0 radical (unpaired) electrons. The van der Waals surface area contributed by atoms with Crippen molar-refractivity contribution in [1.82, 2.24) is 15.0 Å². The Hall–Kier alpha value is -0.940. The Kier molecular flexibility index (Phi) is 3.82. The first-order valence-electron chi connectivity index (χ1n) is 7.91. The van der Waals surface area contributed by atoms with Gasteiger partial charge in [0.1, 0.15) is 0 Å². The van der Waals surface area contributed by atoms with Gasteiger partial charge in [-0.15, -0.1) is 0 Å². The zero-order valence-electron chi connectivity index (χ0n) is 12.7. The lowest BCUT2D eigenvalue weighted by Crippen LogP contribution is -2.39. The lowest BCUT2D eigenvalue weighted by atomic mass is 9.90. The highest BCUT2D eigenvalue weighted by Gasteiger charge is 2.40. The van der Waals surface area contributed by atoms with Gasteiger partial charge in [0.15, 0.2) is 5.82 Å². The molecule has 3 heterocycles. The van der Waals surface area contributed by atoms with Crippen LogP contribution in [0.15, 0.2) is 4.52 Å². The molecule has 2 bridgehead atoms. The predicted octanol–water partition coefficient (Wildman–Crippen LogP) is 2.25. The fraction of sp³-hybridized carbons (Fsp3) is 0.867. The molecule has 0 spiro atoms. The van der Waals surface area contributed by atoms with Gasteiger partial charge < -0.3 is 15.2 Å². The molecule has 0 amide bonds. The standard InChI is InChI=1S/C15H26N4O/c1-4-13(16)9(2)15-17-14(18-20-15)10-7-11-5-6-12(8-10)19(11)3/h9-13H,4-8,16H2,1-3H3. The molecule has 4 unspecified atom stereocenters. The molecular weight excluding hydrogens is 252 g/mol. The second-order valence-electron chi connectivity index (χ2n) is 6.57. The van der Waals surface area contributed by atoms with Crippen molar-refractivity contribution in [2.75, 3.05) is 7.05 Å². The molecule has 2 saturated heterocycles. The van der Waals surface area contributed by atoms with Crippen LogP contribution in [0.1, 0.15) is 69.5 Å². The Morgan fingerprint density at radius 2 is 2.00 bits per heavy atom. The Morgan fingerprint density at radius 1 is 1.35 bits per heavy atom. The first-order chi connectivity index (χ1) is 9.60. The summed E-state index contributed by atoms with van der Waals surface area (Å²) in [5, 5.41) is 4.24. The van der Waals surface area contributed by atoms with E-state index in [4.69, 9.17) is 10.3 Å². The van der Waals surface area contributed by atoms with Gasteiger partial charge in [-0.3, -0.25) is 0 Å². The van der Waals surface area contributed by atoms with Crippen molar-refractivity contribution in [1.29, 1.82) is 0 Å². The molecule has 5 nitrogen and oxygen atoms in total. The summed E-state index contributed by atoms with van der Waals surface area (Å²) >= 11 is 0. The van der Waals surface area contributed by atoms with Crippen LogP contribution in [0.2, 0.25) is 0 Å². The zero-order valence-corrected chi connectivity index (χ0v) is 12.7. The van der Waals surface area contributed by atoms with Crippen LogP contribution in [0.4, 0.5) is 0 Å². The van der Waals surface area contributed by atoms with Gasteiger partial charge in [0, 0.05) is 24.0 Å². The van der Waals surface area contributed by atoms with Gasteiger partial charge in [0.25, 0.3) is 0 Å². The van der Waals surface area contributed by atoms with E-state index >= 15 is 0 Å². The van der Waals surface area contributed by atoms with Crippen LogP contribution in [-0.2, 0) is 0 Å². The van der Waals surface area contributed by atoms with Crippen LogP contribution in [0.25, 0.3) is 0 Å². The molecule has 0 aliphatic carbocycles. The highest BCUT2D eigenvalue weighted by Crippen LogP contribution is 2.41. The molecule has 1 aromatic heterocycles. The number of rotatable bonds is 4. The van der Waals surface area contributed by atoms with Crippen molar-refractivity contribution in [3.05, 3.63) is 11.7 Å². The van der Waals surface area contributed by atoms with Gasteiger partial charge in [0.2, 0.25) is 5.89 Å². The minimum absolute atomic E-state index is 0.0944. The van der Waals surface area contributed by atoms with Crippen molar-refractivity contribution in [2.45, 2.75) is 75.9 Å². The molecule has 2 aliphatic heterocycles. The summed E-state index contributed by atoms with van der Waals surface area (Å²) in [5.41, 5.74) is 6.07. The van der Waals surface area contributed by atoms with Gasteiger partial charge in [-0.05, 0) is 39.2 Å². The van der Waals surface area contributed by atoms with Crippen molar-refractivity contribution >= 4 is 0 Å². The number of piperidine rings is 1. The molecule has 0 aromatic carbocycles. The van der Waals surface area contributed by atoms with Crippen molar-refractivity contribution in [3.8, 4) is 0 Å². The van der Waals surface area contributed by atoms with Crippen LogP contribution in [-0.4, -0.2) is 40.2 Å². The summed E-state index contributed by atoms with van der Waals surface area (Å²) in [6.07, 6.45) is 5.90. The quantitative estimate of drug-likeness (QED) is 0.915. The molecule has 5 heteroatoms. The third-order valence-corrected chi connectivity index (χ3v) is 5.42. The fourth-order valence-electron chi connectivity index (χ4n) is 3.76. The second kappa shape index (κ2) is 5.45. The summed E-state index contributed by atoms with van der Waals surface area (Å²) < 4.78 is 5.47. The molecular formula is C15H26N4O. The van der Waals surface area contributed by atoms with E-state index in [0.717, 1.165) is 12.2 Å². The fourth-order valence-corrected chi connectivity index (χ4v) is 3.76. The molecule has 2 N–H and O–H groups in total. The van der Waals surface area contributed by atoms with Gasteiger partial charge in [0.05, 0.1) is 5.92 Å². The number of nitrogens with two attached hydrogens (primary N) is 1. The van der Waals surface area contributed by atoms with Crippen molar-refractivity contribution < 1.29 is 4.52 Å². The molecule has 20 heavy (non-hydrogen) atoms. The van der Waals surface area contributed by atoms with Crippen LogP contribution in [0.5, 0.6) is 0 Å². The Labute approximate surface area is 120 Å². The van der Waals surface area contributed by atoms with E-state index < -0.39 is 0 Å². The third-order valence-electron chi connectivity index (χ3n) is 5.42. The minimum atomic E-state index is 0.0944. The molecule has 112 valence electrons. The van der Waals surface area contributed by atoms with E-state index in [9.17, 15) is 0 Å². The topological polar surface area (TPSA) is 68.2 Å². The normalized spacial score (nSPS) is 33.3. The summed E-state index contributed by atoms with van der Waals surface area (Å²) in [6, 6.07) is 1.50. The Bertz CT molecular complexity index is 446. The average molecular weight is 278 g/mol. The minimum Gasteiger partial charge on any atom is -0.339 e. The van der Waals surface area contributed by atoms with E-state index in [1.54, 1.807) is 0 Å². The maximum atomic E-state index is 6.07. The third kappa shape index (κ3) is 2.37. The molecule has 1 aromatic rings. The highest BCUT2D eigenvalue weighted by molar-refractivity contribution is 5.07. The Balaban J connectivity index is 1.71. The largest absolute Gasteiger partial charge is 0.339 e. The van der Waals surface area contributed by atoms with Crippen molar-refractivity contribution in [3.63, 3.8) is 0 Å². The van der Waals surface area contributed by atoms with Crippen LogP contribution < -0.4 is 5.73 Å². The van der Waals surface area contributed by atoms with E-state index in [2.05, 4.69) is 35.9 Å². The van der Waals surface area contributed by atoms with E-state index in [1.165, 1.54) is 25.7 Å². The smallest absolute Gasteiger partial charge is 0.231 e. The zero-order chi connectivity index (χ0) is 14.3. The van der Waals surface area contributed by atoms with E-state index in [1.807, 2.05) is 0 Å². The first-order valence-corrected chi connectivity index (χ1v) is 7.91. The van der Waals surface area contributed by atoms with Gasteiger partial charge in [-0.1, -0.05) is 19.0 Å². The van der Waals surface area contributed by atoms with Gasteiger partial charge in [-0.2, -0.15) is 4.98 Å². The van der Waals surface area contributed by atoms with Crippen LogP contribution >= 0.6 is 0 Å². The number of fused-ring (bicyclic) bond motifs is 2. The Morgan fingerprint density at radius 3 is 2.60 bits per heavy atom. The van der Waals surface area contributed by atoms with Gasteiger partial charge >= 0.3 is 0 Å². The summed E-state index contributed by atoms with van der Waals surface area (Å²) in [7, 11) is 2.25. The van der Waals surface area contributed by atoms with Crippen molar-refractivity contribution in [2.24, 2.45) is 5.73 Å². The summed E-state index contributed by atoms with van der Waals surface area (Å²) in [4.78, 5) is 7.18. The molecule has 4 atom stereocenters. The maximum absolute atomic E-state index is 6.07. The average Bonchev–Trinajstić information content (AvgIpc) is 3.00. The number of nitrogens with zero attached hydrogens (tertiary/aromatic N) is 3. The lowest BCUT2D eigenvalue weighted by molar-refractivity contribution is 0.157. The lowest BCUT2D eigenvalue weighted by Gasteiger charge is -2.34. The molecule has 2 fully saturated rings. The number of aromatic nitrogens is 2. The SMILES string of the molecule is CCC(N)C(C)c1nc(C2CC3CCC(C2)N3C)no1. The number of hydrogen-bond acceptors (Lipinski definition) is 5. The van der Waals surface area contributed by atoms with E-state index in [0.29, 0.717) is 23.9 Å². The maximum Gasteiger partial charge on any atom is 0.231 e. The highest BCUT2D eigenvalue weighted by atomic mass is 16.5. The monoisotopic (exact) mass is 278 g/mol. The first kappa shape index (κ1) is 14.0. The van der Waals surface area contributed by atoms with Crippen LogP contribution in [0, 0.1) is 0 Å². The summed E-state index contributed by atoms with van der Waals surface area (Å²) in [5.74, 6) is 2.22. The predicted molar refractivity (Wildman–Crippen MR) is 77.5 cm³/mol. The molecule has 0 saturated carbocycles. The summed E-state index contributed by atoms with van der Waals surface area (Å²) in [6.45, 7) is 4.16. The molecule has 2 aliphatic rings. The molecule has 3 rings (SSSR count).